The van der Waals surface area contributed by atoms with Crippen molar-refractivity contribution in [2.45, 2.75) is 9.79 Å². The van der Waals surface area contributed by atoms with E-state index in [1.165, 1.54) is 50.7 Å². The van der Waals surface area contributed by atoms with E-state index in [1.54, 1.807) is 6.07 Å². The maximum atomic E-state index is 14.1. The molecule has 0 radical (unpaired) electrons. The van der Waals surface area contributed by atoms with E-state index >= 15 is 0 Å². The third kappa shape index (κ3) is 3.54. The second kappa shape index (κ2) is 8.08. The van der Waals surface area contributed by atoms with Crippen LogP contribution in [0.15, 0.2) is 52.4 Å². The van der Waals surface area contributed by atoms with Crippen molar-refractivity contribution in [1.29, 1.82) is 0 Å². The van der Waals surface area contributed by atoms with Crippen LogP contribution >= 0.6 is 0 Å². The first-order chi connectivity index (χ1) is 14.5. The Kier molecular flexibility index (Phi) is 5.48. The number of ether oxygens (including phenoxy) is 3. The van der Waals surface area contributed by atoms with Crippen molar-refractivity contribution < 1.29 is 27.0 Å². The van der Waals surface area contributed by atoms with Crippen LogP contribution in [0.4, 0.5) is 10.1 Å². The number of methoxy groups -OCH3 is 2. The SMILES string of the molecule is COc1ccc(S(=O)(=O)c2cnc3ccc(F)cc3c2N2CCOCC2)cc1OC. The first-order valence-electron chi connectivity index (χ1n) is 9.34. The van der Waals surface area contributed by atoms with Crippen molar-refractivity contribution in [3.05, 3.63) is 48.4 Å². The second-order valence-corrected chi connectivity index (χ2v) is 8.67. The molecule has 0 unspecified atom stereocenters. The average molecular weight is 432 g/mol. The largest absolute Gasteiger partial charge is 0.493 e. The van der Waals surface area contributed by atoms with E-state index in [0.717, 1.165) is 0 Å². The molecule has 1 aromatic heterocycles. The molecule has 9 heteroatoms. The van der Waals surface area contributed by atoms with Gasteiger partial charge in [0.2, 0.25) is 9.84 Å². The van der Waals surface area contributed by atoms with E-state index in [-0.39, 0.29) is 9.79 Å². The molecule has 1 fully saturated rings. The molecule has 2 heterocycles. The zero-order valence-corrected chi connectivity index (χ0v) is 17.4. The Labute approximate surface area is 173 Å². The molecule has 1 aliphatic rings. The summed E-state index contributed by atoms with van der Waals surface area (Å²) >= 11 is 0. The Morgan fingerprint density at radius 1 is 1.03 bits per heavy atom. The number of fused-ring (bicyclic) bond motifs is 1. The van der Waals surface area contributed by atoms with Crippen LogP contribution in [0.3, 0.4) is 0 Å². The van der Waals surface area contributed by atoms with E-state index in [0.29, 0.717) is 54.4 Å². The van der Waals surface area contributed by atoms with Crippen LogP contribution in [0.5, 0.6) is 11.5 Å². The lowest BCUT2D eigenvalue weighted by Crippen LogP contribution is -2.37. The number of benzene rings is 2. The lowest BCUT2D eigenvalue weighted by molar-refractivity contribution is 0.122. The highest BCUT2D eigenvalue weighted by Gasteiger charge is 2.28. The molecule has 7 nitrogen and oxygen atoms in total. The van der Waals surface area contributed by atoms with Gasteiger partial charge in [0.1, 0.15) is 10.7 Å². The number of anilines is 1. The Morgan fingerprint density at radius 2 is 1.77 bits per heavy atom. The minimum atomic E-state index is -3.98. The third-order valence-electron chi connectivity index (χ3n) is 5.05. The second-order valence-electron chi connectivity index (χ2n) is 6.75. The first kappa shape index (κ1) is 20.4. The van der Waals surface area contributed by atoms with Crippen molar-refractivity contribution >= 4 is 26.4 Å². The van der Waals surface area contributed by atoms with Crippen molar-refractivity contribution in [3.63, 3.8) is 0 Å². The first-order valence-corrected chi connectivity index (χ1v) is 10.8. The molecule has 30 heavy (non-hydrogen) atoms. The summed E-state index contributed by atoms with van der Waals surface area (Å²) in [5, 5.41) is 0.443. The molecule has 2 aromatic carbocycles. The van der Waals surface area contributed by atoms with Crippen molar-refractivity contribution in [3.8, 4) is 11.5 Å². The van der Waals surface area contributed by atoms with Gasteiger partial charge in [-0.05, 0) is 30.3 Å². The van der Waals surface area contributed by atoms with Crippen LogP contribution in [-0.4, -0.2) is 53.9 Å². The maximum absolute atomic E-state index is 14.1. The van der Waals surface area contributed by atoms with Crippen molar-refractivity contribution in [2.75, 3.05) is 45.4 Å². The fourth-order valence-electron chi connectivity index (χ4n) is 3.55. The zero-order chi connectivity index (χ0) is 21.3. The van der Waals surface area contributed by atoms with Crippen LogP contribution in [0, 0.1) is 5.82 Å². The van der Waals surface area contributed by atoms with Crippen LogP contribution in [0.25, 0.3) is 10.9 Å². The maximum Gasteiger partial charge on any atom is 0.210 e. The monoisotopic (exact) mass is 432 g/mol. The Morgan fingerprint density at radius 3 is 2.47 bits per heavy atom. The van der Waals surface area contributed by atoms with Gasteiger partial charge in [0.25, 0.3) is 0 Å². The summed E-state index contributed by atoms with van der Waals surface area (Å²) in [5.74, 6) is 0.259. The molecular weight excluding hydrogens is 411 g/mol. The van der Waals surface area contributed by atoms with Gasteiger partial charge in [0.05, 0.1) is 43.5 Å². The number of pyridine rings is 1. The molecule has 3 aromatic rings. The molecule has 0 bridgehead atoms. The molecule has 0 saturated carbocycles. The molecule has 0 N–H and O–H groups in total. The summed E-state index contributed by atoms with van der Waals surface area (Å²) in [7, 11) is -1.07. The number of nitrogens with zero attached hydrogens (tertiary/aromatic N) is 2. The number of sulfone groups is 1. The molecule has 158 valence electrons. The van der Waals surface area contributed by atoms with Crippen LogP contribution < -0.4 is 14.4 Å². The summed E-state index contributed by atoms with van der Waals surface area (Å²) < 4.78 is 57.2. The smallest absolute Gasteiger partial charge is 0.210 e. The van der Waals surface area contributed by atoms with Crippen LogP contribution in [0.1, 0.15) is 0 Å². The highest BCUT2D eigenvalue weighted by atomic mass is 32.2. The predicted molar refractivity (Wildman–Crippen MR) is 110 cm³/mol. The number of rotatable bonds is 5. The Balaban J connectivity index is 1.95. The minimum Gasteiger partial charge on any atom is -0.493 e. The van der Waals surface area contributed by atoms with Gasteiger partial charge in [-0.15, -0.1) is 0 Å². The number of hydrogen-bond acceptors (Lipinski definition) is 7. The van der Waals surface area contributed by atoms with Gasteiger partial charge in [-0.25, -0.2) is 12.8 Å². The van der Waals surface area contributed by atoms with Crippen LogP contribution in [-0.2, 0) is 14.6 Å². The minimum absolute atomic E-state index is 0.00900. The highest BCUT2D eigenvalue weighted by molar-refractivity contribution is 7.91. The van der Waals surface area contributed by atoms with Crippen molar-refractivity contribution in [2.24, 2.45) is 0 Å². The Hall–Kier alpha value is -2.91. The predicted octanol–water partition coefficient (Wildman–Crippen LogP) is 3.06. The van der Waals surface area contributed by atoms with E-state index < -0.39 is 15.7 Å². The van der Waals surface area contributed by atoms with Crippen LogP contribution in [0.2, 0.25) is 0 Å². The molecule has 1 saturated heterocycles. The van der Waals surface area contributed by atoms with E-state index in [1.807, 2.05) is 4.90 Å². The molecule has 0 amide bonds. The van der Waals surface area contributed by atoms with E-state index in [4.69, 9.17) is 14.2 Å². The summed E-state index contributed by atoms with van der Waals surface area (Å²) in [6, 6.07) is 8.57. The normalized spacial score (nSPS) is 14.7. The van der Waals surface area contributed by atoms with Gasteiger partial charge in [-0.2, -0.15) is 0 Å². The van der Waals surface area contributed by atoms with Gasteiger partial charge in [0, 0.05) is 30.7 Å². The molecule has 4 rings (SSSR count). The van der Waals surface area contributed by atoms with Gasteiger partial charge in [-0.3, -0.25) is 4.98 Å². The molecule has 1 aliphatic heterocycles. The summed E-state index contributed by atoms with van der Waals surface area (Å²) in [4.78, 5) is 6.23. The fraction of sp³-hybridized carbons (Fsp3) is 0.286. The highest BCUT2D eigenvalue weighted by Crippen LogP contribution is 2.38. The lowest BCUT2D eigenvalue weighted by atomic mass is 10.1. The standard InChI is InChI=1S/C21H21FN2O5S/c1-27-18-6-4-15(12-19(18)28-2)30(25,26)20-13-23-17-5-3-14(22)11-16(17)21(20)24-7-9-29-10-8-24/h3-6,11-13H,7-10H2,1-2H3. The number of hydrogen-bond donors (Lipinski definition) is 0. The van der Waals surface area contributed by atoms with Crippen molar-refractivity contribution in [1.82, 2.24) is 4.98 Å². The summed E-state index contributed by atoms with van der Waals surface area (Å²) in [5.41, 5.74) is 0.946. The lowest BCUT2D eigenvalue weighted by Gasteiger charge is -2.31. The molecule has 0 aliphatic carbocycles. The number of morpholine rings is 1. The number of aromatic nitrogens is 1. The third-order valence-corrected chi connectivity index (χ3v) is 6.80. The topological polar surface area (TPSA) is 78.0 Å². The summed E-state index contributed by atoms with van der Waals surface area (Å²) in [6.45, 7) is 1.89. The molecular formula is C21H21FN2O5S. The zero-order valence-electron chi connectivity index (χ0n) is 16.6. The summed E-state index contributed by atoms with van der Waals surface area (Å²) in [6.07, 6.45) is 1.33. The van der Waals surface area contributed by atoms with Gasteiger partial charge < -0.3 is 19.1 Å². The quantitative estimate of drug-likeness (QED) is 0.613. The molecule has 0 spiro atoms. The average Bonchev–Trinajstić information content (AvgIpc) is 2.78. The fourth-order valence-corrected chi connectivity index (χ4v) is 5.00. The van der Waals surface area contributed by atoms with E-state index in [9.17, 15) is 12.8 Å². The number of halogens is 1. The van der Waals surface area contributed by atoms with E-state index in [2.05, 4.69) is 4.98 Å². The Bertz CT molecular complexity index is 1190. The van der Waals surface area contributed by atoms with Gasteiger partial charge in [-0.1, -0.05) is 0 Å². The van der Waals surface area contributed by atoms with Gasteiger partial charge >= 0.3 is 0 Å². The molecule has 0 atom stereocenters. The van der Waals surface area contributed by atoms with Gasteiger partial charge in [0.15, 0.2) is 11.5 Å².